The van der Waals surface area contributed by atoms with Gasteiger partial charge < -0.3 is 19.3 Å². The lowest BCUT2D eigenvalue weighted by molar-refractivity contribution is -0.142. The predicted molar refractivity (Wildman–Crippen MR) is 147 cm³/mol. The largest absolute Gasteiger partial charge is 0.459 e. The third-order valence-electron chi connectivity index (χ3n) is 6.27. The number of ether oxygens (including phenoxy) is 3. The summed E-state index contributed by atoms with van der Waals surface area (Å²) in [5.41, 5.74) is 1.05. The summed E-state index contributed by atoms with van der Waals surface area (Å²) in [6, 6.07) is 0. The molecule has 3 aliphatic heterocycles. The lowest BCUT2D eigenvalue weighted by atomic mass is 9.91. The quantitative estimate of drug-likeness (QED) is 0.353. The van der Waals surface area contributed by atoms with E-state index in [-0.39, 0.29) is 30.4 Å². The number of fused-ring (bicyclic) bond motifs is 2. The number of hydrogen-bond donors (Lipinski definition) is 1. The van der Waals surface area contributed by atoms with Crippen LogP contribution in [0.1, 0.15) is 72.1 Å². The summed E-state index contributed by atoms with van der Waals surface area (Å²) in [5, 5.41) is 10.4. The van der Waals surface area contributed by atoms with E-state index in [0.717, 1.165) is 31.3 Å². The molecule has 0 saturated heterocycles. The zero-order valence-corrected chi connectivity index (χ0v) is 22.4. The maximum absolute atomic E-state index is 12.5. The molecule has 5 heteroatoms. The number of carbonyl (C=O) groups excluding carboxylic acids is 1. The molecule has 5 nitrogen and oxygen atoms in total. The fourth-order valence-electron chi connectivity index (χ4n) is 4.63. The SMILES string of the molecule is C=C1CC(O)/C=C/CC(C/C=C/C2CC=CCO2)OC(=O)/C=C\C[C@@H]2C=CCC(CC(C)C1)O2.CC. The van der Waals surface area contributed by atoms with Crippen molar-refractivity contribution in [2.75, 3.05) is 6.61 Å². The van der Waals surface area contributed by atoms with E-state index in [1.807, 2.05) is 44.2 Å². The number of aliphatic hydroxyl groups is 1. The fourth-order valence-corrected chi connectivity index (χ4v) is 4.63. The van der Waals surface area contributed by atoms with Gasteiger partial charge in [0.25, 0.3) is 0 Å². The van der Waals surface area contributed by atoms with Crippen LogP contribution < -0.4 is 0 Å². The first-order chi connectivity index (χ1) is 17.5. The standard InChI is InChI=1S/C29H40O5.C2H6/c1-22-19-23(2)21-28-16-7-13-26(33-28)15-8-17-29(31)34-27(12-5-9-24(30)20-22)14-6-11-25-10-3-4-18-32-25;1-2/h3-9,11,13,17,23-28,30H,1,10,12,14-16,18-21H2,2H3;1-2H3/b9-5+,11-6+,17-8-;/t23?,24?,25?,26-,27?,28?;/m0./s1. The van der Waals surface area contributed by atoms with Crippen LogP contribution in [0.25, 0.3) is 0 Å². The van der Waals surface area contributed by atoms with Gasteiger partial charge in [-0.3, -0.25) is 0 Å². The highest BCUT2D eigenvalue weighted by molar-refractivity contribution is 5.82. The van der Waals surface area contributed by atoms with Crippen LogP contribution in [0.2, 0.25) is 0 Å². The Balaban J connectivity index is 0.00000222. The second-order valence-electron chi connectivity index (χ2n) is 9.63. The van der Waals surface area contributed by atoms with E-state index in [4.69, 9.17) is 14.2 Å². The van der Waals surface area contributed by atoms with Gasteiger partial charge in [0, 0.05) is 18.9 Å². The highest BCUT2D eigenvalue weighted by atomic mass is 16.5. The van der Waals surface area contributed by atoms with Gasteiger partial charge in [-0.05, 0) is 44.4 Å². The van der Waals surface area contributed by atoms with Gasteiger partial charge >= 0.3 is 5.97 Å². The number of esters is 1. The molecule has 36 heavy (non-hydrogen) atoms. The molecule has 0 saturated carbocycles. The molecule has 3 heterocycles. The molecule has 0 aromatic heterocycles. The Bertz CT molecular complexity index is 806. The molecule has 0 aromatic rings. The molecule has 3 rings (SSSR count). The van der Waals surface area contributed by atoms with Crippen molar-refractivity contribution in [3.8, 4) is 0 Å². The van der Waals surface area contributed by atoms with Crippen molar-refractivity contribution in [1.29, 1.82) is 0 Å². The topological polar surface area (TPSA) is 65.0 Å². The van der Waals surface area contributed by atoms with Crippen molar-refractivity contribution in [1.82, 2.24) is 0 Å². The first-order valence-electron chi connectivity index (χ1n) is 13.6. The lowest BCUT2D eigenvalue weighted by Crippen LogP contribution is -2.25. The van der Waals surface area contributed by atoms with Crippen molar-refractivity contribution in [2.45, 2.75) is 103 Å². The Kier molecular flexibility index (Phi) is 14.4. The van der Waals surface area contributed by atoms with Crippen LogP contribution in [0.4, 0.5) is 0 Å². The van der Waals surface area contributed by atoms with Crippen LogP contribution in [0.15, 0.2) is 72.9 Å². The van der Waals surface area contributed by atoms with Crippen LogP contribution in [0.3, 0.4) is 0 Å². The molecular formula is C31H46O5. The number of hydrogen-bond acceptors (Lipinski definition) is 5. The van der Waals surface area contributed by atoms with Crippen LogP contribution in [-0.4, -0.2) is 48.2 Å². The maximum atomic E-state index is 12.5. The van der Waals surface area contributed by atoms with Gasteiger partial charge in [-0.25, -0.2) is 4.79 Å². The van der Waals surface area contributed by atoms with E-state index in [0.29, 0.717) is 38.2 Å². The Labute approximate surface area is 218 Å². The monoisotopic (exact) mass is 498 g/mol. The molecule has 5 unspecified atom stereocenters. The fraction of sp³-hybridized carbons (Fsp3) is 0.581. The summed E-state index contributed by atoms with van der Waals surface area (Å²) in [4.78, 5) is 12.5. The second-order valence-corrected chi connectivity index (χ2v) is 9.63. The zero-order valence-electron chi connectivity index (χ0n) is 22.4. The number of cyclic esters (lactones) is 1. The third-order valence-corrected chi connectivity index (χ3v) is 6.27. The molecule has 0 aliphatic carbocycles. The van der Waals surface area contributed by atoms with E-state index < -0.39 is 6.10 Å². The molecule has 2 bridgehead atoms. The minimum Gasteiger partial charge on any atom is -0.459 e. The van der Waals surface area contributed by atoms with Crippen molar-refractivity contribution >= 4 is 5.97 Å². The highest BCUT2D eigenvalue weighted by Crippen LogP contribution is 2.25. The van der Waals surface area contributed by atoms with E-state index in [1.54, 1.807) is 6.08 Å². The molecule has 0 radical (unpaired) electrons. The van der Waals surface area contributed by atoms with Crippen molar-refractivity contribution in [3.63, 3.8) is 0 Å². The first kappa shape index (κ1) is 30.0. The molecule has 0 spiro atoms. The zero-order chi connectivity index (χ0) is 26.2. The first-order valence-corrected chi connectivity index (χ1v) is 13.6. The average molecular weight is 499 g/mol. The van der Waals surface area contributed by atoms with Crippen molar-refractivity contribution in [3.05, 3.63) is 72.9 Å². The van der Waals surface area contributed by atoms with Crippen LogP contribution in [0.5, 0.6) is 0 Å². The molecular weight excluding hydrogens is 452 g/mol. The Morgan fingerprint density at radius 1 is 1.03 bits per heavy atom. The van der Waals surface area contributed by atoms with Crippen LogP contribution in [0, 0.1) is 5.92 Å². The summed E-state index contributed by atoms with van der Waals surface area (Å²) in [7, 11) is 0. The Morgan fingerprint density at radius 2 is 1.83 bits per heavy atom. The van der Waals surface area contributed by atoms with E-state index >= 15 is 0 Å². The third kappa shape index (κ3) is 12.2. The van der Waals surface area contributed by atoms with Crippen LogP contribution >= 0.6 is 0 Å². The van der Waals surface area contributed by atoms with Crippen molar-refractivity contribution < 1.29 is 24.1 Å². The van der Waals surface area contributed by atoms with E-state index in [2.05, 4.69) is 31.7 Å². The van der Waals surface area contributed by atoms with Gasteiger partial charge in [-0.15, -0.1) is 0 Å². The number of rotatable bonds is 3. The predicted octanol–water partition coefficient (Wildman–Crippen LogP) is 6.56. The average Bonchev–Trinajstić information content (AvgIpc) is 2.85. The normalized spacial score (nSPS) is 34.1. The summed E-state index contributed by atoms with van der Waals surface area (Å²) in [6.45, 7) is 11.0. The Hall–Kier alpha value is -2.21. The minimum absolute atomic E-state index is 0.0230. The Morgan fingerprint density at radius 3 is 2.61 bits per heavy atom. The van der Waals surface area contributed by atoms with E-state index in [9.17, 15) is 9.90 Å². The summed E-state index contributed by atoms with van der Waals surface area (Å²) in [6.07, 6.45) is 24.7. The van der Waals surface area contributed by atoms with Gasteiger partial charge in [0.1, 0.15) is 6.10 Å². The maximum Gasteiger partial charge on any atom is 0.330 e. The van der Waals surface area contributed by atoms with E-state index in [1.165, 1.54) is 6.08 Å². The molecule has 1 N–H and O–H groups in total. The second kappa shape index (κ2) is 17.3. The number of carbonyl (C=O) groups is 1. The highest BCUT2D eigenvalue weighted by Gasteiger charge is 2.21. The van der Waals surface area contributed by atoms with Crippen LogP contribution in [-0.2, 0) is 19.0 Å². The molecule has 6 atom stereocenters. The summed E-state index contributed by atoms with van der Waals surface area (Å²) >= 11 is 0. The summed E-state index contributed by atoms with van der Waals surface area (Å²) < 4.78 is 17.6. The molecule has 3 aliphatic rings. The molecule has 200 valence electrons. The minimum atomic E-state index is -0.592. The smallest absolute Gasteiger partial charge is 0.330 e. The molecule has 0 fully saturated rings. The van der Waals surface area contributed by atoms with Gasteiger partial charge in [-0.2, -0.15) is 0 Å². The van der Waals surface area contributed by atoms with Gasteiger partial charge in [0.2, 0.25) is 0 Å². The van der Waals surface area contributed by atoms with Crippen molar-refractivity contribution in [2.24, 2.45) is 5.92 Å². The molecule has 0 amide bonds. The summed E-state index contributed by atoms with van der Waals surface area (Å²) in [5.74, 6) is 0.0775. The molecule has 0 aromatic carbocycles. The van der Waals surface area contributed by atoms with Gasteiger partial charge in [-0.1, -0.05) is 87.6 Å². The number of aliphatic hydroxyl groups excluding tert-OH is 1. The van der Waals surface area contributed by atoms with Gasteiger partial charge in [0.15, 0.2) is 0 Å². The van der Waals surface area contributed by atoms with Gasteiger partial charge in [0.05, 0.1) is 31.0 Å². The lowest BCUT2D eigenvalue weighted by Gasteiger charge is -2.28.